The predicted octanol–water partition coefficient (Wildman–Crippen LogP) is 0.195. The van der Waals surface area contributed by atoms with Crippen molar-refractivity contribution in [1.82, 2.24) is 10.6 Å². The van der Waals surface area contributed by atoms with E-state index in [0.717, 1.165) is 6.42 Å². The van der Waals surface area contributed by atoms with Crippen LogP contribution in [0.25, 0.3) is 0 Å². The van der Waals surface area contributed by atoms with Crippen molar-refractivity contribution in [2.45, 2.75) is 45.1 Å². The third-order valence-electron chi connectivity index (χ3n) is 3.64. The number of hydrogen-bond acceptors (Lipinski definition) is 3. The van der Waals surface area contributed by atoms with Crippen LogP contribution in [0.2, 0.25) is 0 Å². The molecule has 1 saturated carbocycles. The fourth-order valence-corrected chi connectivity index (χ4v) is 2.33. The van der Waals surface area contributed by atoms with Gasteiger partial charge in [0.1, 0.15) is 0 Å². The third kappa shape index (κ3) is 4.11. The molecule has 0 aromatic carbocycles. The summed E-state index contributed by atoms with van der Waals surface area (Å²) in [6.07, 6.45) is 2.71. The maximum Gasteiger partial charge on any atom is 0.315 e. The second-order valence-corrected chi connectivity index (χ2v) is 5.14. The third-order valence-corrected chi connectivity index (χ3v) is 3.64. The number of urea groups is 1. The van der Waals surface area contributed by atoms with Gasteiger partial charge in [0, 0.05) is 19.0 Å². The zero-order valence-corrected chi connectivity index (χ0v) is 11.1. The van der Waals surface area contributed by atoms with Gasteiger partial charge in [-0.15, -0.1) is 0 Å². The second kappa shape index (κ2) is 6.40. The van der Waals surface area contributed by atoms with Gasteiger partial charge in [-0.3, -0.25) is 9.59 Å². The highest BCUT2D eigenvalue weighted by molar-refractivity contribution is 5.79. The maximum absolute atomic E-state index is 11.6. The lowest BCUT2D eigenvalue weighted by Crippen LogP contribution is -2.50. The van der Waals surface area contributed by atoms with Crippen LogP contribution in [-0.4, -0.2) is 35.6 Å². The standard InChI is InChI=1S/C12H21N3O4/c1-12(10(17)18)6-2-4-8(12)15-11(19)14-7-3-5-9(13)16/h8H,2-7H2,1H3,(H2,13,16)(H,17,18)(H2,14,15,19). The molecule has 19 heavy (non-hydrogen) atoms. The van der Waals surface area contributed by atoms with E-state index in [9.17, 15) is 19.5 Å². The number of carboxylic acid groups (broad SMARTS) is 1. The minimum Gasteiger partial charge on any atom is -0.481 e. The first-order valence-electron chi connectivity index (χ1n) is 6.42. The largest absolute Gasteiger partial charge is 0.481 e. The van der Waals surface area contributed by atoms with Crippen LogP contribution in [0.5, 0.6) is 0 Å². The van der Waals surface area contributed by atoms with E-state index in [1.807, 2.05) is 0 Å². The molecule has 0 aliphatic heterocycles. The van der Waals surface area contributed by atoms with E-state index in [-0.39, 0.29) is 12.5 Å². The van der Waals surface area contributed by atoms with Gasteiger partial charge in [-0.25, -0.2) is 4.79 Å². The second-order valence-electron chi connectivity index (χ2n) is 5.14. The summed E-state index contributed by atoms with van der Waals surface area (Å²) in [6.45, 7) is 1.99. The first kappa shape index (κ1) is 15.3. The number of aliphatic carboxylic acids is 1. The predicted molar refractivity (Wildman–Crippen MR) is 68.3 cm³/mol. The SMILES string of the molecule is CC1(C(=O)O)CCCC1NC(=O)NCCCC(N)=O. The van der Waals surface area contributed by atoms with E-state index in [1.54, 1.807) is 6.92 Å². The van der Waals surface area contributed by atoms with Crippen molar-refractivity contribution in [1.29, 1.82) is 0 Å². The summed E-state index contributed by atoms with van der Waals surface area (Å²) in [6, 6.07) is -0.759. The zero-order valence-electron chi connectivity index (χ0n) is 11.1. The number of hydrogen-bond donors (Lipinski definition) is 4. The molecule has 5 N–H and O–H groups in total. The maximum atomic E-state index is 11.6. The minimum atomic E-state index is -0.898. The molecule has 7 heteroatoms. The van der Waals surface area contributed by atoms with E-state index in [4.69, 9.17) is 5.73 Å². The van der Waals surface area contributed by atoms with Crippen LogP contribution in [0.1, 0.15) is 39.0 Å². The molecule has 0 bridgehead atoms. The van der Waals surface area contributed by atoms with E-state index in [2.05, 4.69) is 10.6 Å². The van der Waals surface area contributed by atoms with Crippen molar-refractivity contribution in [3.05, 3.63) is 0 Å². The monoisotopic (exact) mass is 271 g/mol. The average Bonchev–Trinajstić information content (AvgIpc) is 2.68. The molecule has 0 aromatic heterocycles. The van der Waals surface area contributed by atoms with Crippen LogP contribution in [0, 0.1) is 5.41 Å². The Morgan fingerprint density at radius 1 is 1.42 bits per heavy atom. The van der Waals surface area contributed by atoms with Crippen LogP contribution in [0.3, 0.4) is 0 Å². The molecule has 0 saturated heterocycles. The van der Waals surface area contributed by atoms with E-state index < -0.39 is 23.3 Å². The van der Waals surface area contributed by atoms with Gasteiger partial charge in [0.25, 0.3) is 0 Å². The van der Waals surface area contributed by atoms with E-state index in [0.29, 0.717) is 25.8 Å². The highest BCUT2D eigenvalue weighted by Gasteiger charge is 2.45. The van der Waals surface area contributed by atoms with E-state index in [1.165, 1.54) is 0 Å². The molecule has 1 fully saturated rings. The topological polar surface area (TPSA) is 122 Å². The summed E-state index contributed by atoms with van der Waals surface area (Å²) in [5, 5.41) is 14.5. The summed E-state index contributed by atoms with van der Waals surface area (Å²) >= 11 is 0. The molecule has 7 nitrogen and oxygen atoms in total. The summed E-state index contributed by atoms with van der Waals surface area (Å²) in [5.41, 5.74) is 4.08. The van der Waals surface area contributed by atoms with Crippen molar-refractivity contribution in [3.8, 4) is 0 Å². The number of amides is 3. The molecule has 2 atom stereocenters. The smallest absolute Gasteiger partial charge is 0.315 e. The van der Waals surface area contributed by atoms with Gasteiger partial charge < -0.3 is 21.5 Å². The molecule has 0 aromatic rings. The Morgan fingerprint density at radius 3 is 2.68 bits per heavy atom. The first-order chi connectivity index (χ1) is 8.86. The number of primary amides is 1. The first-order valence-corrected chi connectivity index (χ1v) is 6.42. The highest BCUT2D eigenvalue weighted by atomic mass is 16.4. The Balaban J connectivity index is 2.36. The van der Waals surface area contributed by atoms with Gasteiger partial charge in [0.15, 0.2) is 0 Å². The quantitative estimate of drug-likeness (QED) is 0.515. The number of nitrogens with one attached hydrogen (secondary N) is 2. The van der Waals surface area contributed by atoms with Gasteiger partial charge in [0.2, 0.25) is 5.91 Å². The Morgan fingerprint density at radius 2 is 2.11 bits per heavy atom. The van der Waals surface area contributed by atoms with Crippen LogP contribution in [0.15, 0.2) is 0 Å². The van der Waals surface area contributed by atoms with Crippen LogP contribution in [0.4, 0.5) is 4.79 Å². The lowest BCUT2D eigenvalue weighted by Gasteiger charge is -2.27. The van der Waals surface area contributed by atoms with E-state index >= 15 is 0 Å². The fraction of sp³-hybridized carbons (Fsp3) is 0.750. The molecule has 108 valence electrons. The highest BCUT2D eigenvalue weighted by Crippen LogP contribution is 2.38. The van der Waals surface area contributed by atoms with Gasteiger partial charge in [-0.2, -0.15) is 0 Å². The lowest BCUT2D eigenvalue weighted by atomic mass is 9.85. The molecule has 1 aliphatic carbocycles. The number of carbonyl (C=O) groups excluding carboxylic acids is 2. The van der Waals surface area contributed by atoms with Gasteiger partial charge >= 0.3 is 12.0 Å². The number of rotatable bonds is 6. The van der Waals surface area contributed by atoms with Gasteiger partial charge in [0.05, 0.1) is 5.41 Å². The minimum absolute atomic E-state index is 0.219. The molecule has 0 heterocycles. The molecular formula is C12H21N3O4. The summed E-state index contributed by atoms with van der Waals surface area (Å²) in [7, 11) is 0. The fourth-order valence-electron chi connectivity index (χ4n) is 2.33. The Hall–Kier alpha value is -1.79. The van der Waals surface area contributed by atoms with Crippen molar-refractivity contribution < 1.29 is 19.5 Å². The number of carbonyl (C=O) groups is 3. The molecule has 2 unspecified atom stereocenters. The normalized spacial score (nSPS) is 25.8. The Bertz CT molecular complexity index is 372. The molecular weight excluding hydrogens is 250 g/mol. The zero-order chi connectivity index (χ0) is 14.5. The summed E-state index contributed by atoms with van der Waals surface area (Å²) in [4.78, 5) is 33.4. The molecule has 0 radical (unpaired) electrons. The van der Waals surface area contributed by atoms with Crippen molar-refractivity contribution >= 4 is 17.9 Å². The lowest BCUT2D eigenvalue weighted by molar-refractivity contribution is -0.148. The number of nitrogens with two attached hydrogens (primary N) is 1. The van der Waals surface area contributed by atoms with Crippen molar-refractivity contribution in [2.75, 3.05) is 6.54 Å². The van der Waals surface area contributed by atoms with Gasteiger partial charge in [-0.05, 0) is 26.2 Å². The molecule has 3 amide bonds. The Labute approximate surface area is 111 Å². The van der Waals surface area contributed by atoms with Crippen LogP contribution in [-0.2, 0) is 9.59 Å². The van der Waals surface area contributed by atoms with Crippen molar-refractivity contribution in [3.63, 3.8) is 0 Å². The van der Waals surface area contributed by atoms with Crippen molar-refractivity contribution in [2.24, 2.45) is 11.1 Å². The Kier molecular flexibility index (Phi) is 5.14. The molecule has 1 rings (SSSR count). The van der Waals surface area contributed by atoms with Crippen LogP contribution >= 0.6 is 0 Å². The summed E-state index contributed by atoms with van der Waals surface area (Å²) in [5.74, 6) is -1.29. The molecule has 1 aliphatic rings. The summed E-state index contributed by atoms with van der Waals surface area (Å²) < 4.78 is 0. The van der Waals surface area contributed by atoms with Crippen LogP contribution < -0.4 is 16.4 Å². The average molecular weight is 271 g/mol. The van der Waals surface area contributed by atoms with Gasteiger partial charge in [-0.1, -0.05) is 6.42 Å². The number of carboxylic acids is 1. The molecule has 0 spiro atoms.